The number of rotatable bonds is 5. The Balaban J connectivity index is 1.70. The van der Waals surface area contributed by atoms with Gasteiger partial charge in [-0.05, 0) is 48.6 Å². The predicted molar refractivity (Wildman–Crippen MR) is 122 cm³/mol. The number of nitrogens with one attached hydrogen (secondary N) is 1. The molecule has 4 rings (SSSR count). The maximum Gasteiger partial charge on any atom is 0.415 e. The van der Waals surface area contributed by atoms with Gasteiger partial charge < -0.3 is 5.32 Å². The lowest BCUT2D eigenvalue weighted by molar-refractivity contribution is -0.0877. The molecule has 0 aliphatic carbocycles. The lowest BCUT2D eigenvalue weighted by Gasteiger charge is -2.25. The van der Waals surface area contributed by atoms with Crippen LogP contribution in [0.1, 0.15) is 49.7 Å². The largest absolute Gasteiger partial charge is 0.415 e. The topological polar surface area (TPSA) is 66.5 Å². The lowest BCUT2D eigenvalue weighted by Crippen LogP contribution is -2.22. The van der Waals surface area contributed by atoms with E-state index >= 15 is 0 Å². The first kappa shape index (κ1) is 22.6. The number of halogens is 3. The van der Waals surface area contributed by atoms with E-state index in [1.165, 1.54) is 0 Å². The third-order valence-corrected chi connectivity index (χ3v) is 5.88. The highest BCUT2D eigenvalue weighted by atomic mass is 19.4. The minimum absolute atomic E-state index is 0.108. The average molecular weight is 451 g/mol. The van der Waals surface area contributed by atoms with Crippen molar-refractivity contribution in [3.8, 4) is 6.07 Å². The van der Waals surface area contributed by atoms with Crippen molar-refractivity contribution in [1.29, 1.82) is 5.26 Å². The Hall–Kier alpha value is -3.60. The fourth-order valence-corrected chi connectivity index (χ4v) is 4.16. The molecule has 0 saturated carbocycles. The smallest absolute Gasteiger partial charge is 0.361 e. The van der Waals surface area contributed by atoms with Gasteiger partial charge in [-0.1, -0.05) is 32.6 Å². The Morgan fingerprint density at radius 3 is 2.79 bits per heavy atom. The number of hydrogen-bond acceptors (Lipinski definition) is 4. The van der Waals surface area contributed by atoms with Crippen LogP contribution in [-0.4, -0.2) is 20.9 Å². The number of nitriles is 1. The van der Waals surface area contributed by atoms with Crippen LogP contribution in [0.15, 0.2) is 54.8 Å². The van der Waals surface area contributed by atoms with Gasteiger partial charge in [-0.3, -0.25) is 4.68 Å². The zero-order valence-corrected chi connectivity index (χ0v) is 18.4. The summed E-state index contributed by atoms with van der Waals surface area (Å²) in [5.74, 6) is 0.507. The summed E-state index contributed by atoms with van der Waals surface area (Å²) < 4.78 is 41.1. The first-order valence-electron chi connectivity index (χ1n) is 10.8. The number of alkyl halides is 3. The van der Waals surface area contributed by atoms with Gasteiger partial charge in [0.2, 0.25) is 0 Å². The van der Waals surface area contributed by atoms with Gasteiger partial charge in [0, 0.05) is 29.1 Å². The molecule has 8 heteroatoms. The van der Waals surface area contributed by atoms with Crippen LogP contribution in [0.3, 0.4) is 0 Å². The summed E-state index contributed by atoms with van der Waals surface area (Å²) in [6.07, 6.45) is -0.0183. The average Bonchev–Trinajstić information content (AvgIpc) is 3.21. The van der Waals surface area contributed by atoms with Crippen LogP contribution in [0.5, 0.6) is 0 Å². The van der Waals surface area contributed by atoms with Gasteiger partial charge in [-0.15, -0.1) is 0 Å². The van der Waals surface area contributed by atoms with Crippen LogP contribution < -0.4 is 5.32 Å². The number of hydrogen-bond donors (Lipinski definition) is 1. The van der Waals surface area contributed by atoms with Crippen molar-refractivity contribution < 1.29 is 13.2 Å². The molecule has 0 radical (unpaired) electrons. The van der Waals surface area contributed by atoms with Crippen LogP contribution in [0.2, 0.25) is 0 Å². The fraction of sp³-hybridized carbons (Fsp3) is 0.320. The maximum atomic E-state index is 13.1. The molecule has 1 aromatic carbocycles. The molecule has 1 unspecified atom stereocenters. The molecule has 5 nitrogen and oxygen atoms in total. The molecule has 0 spiro atoms. The van der Waals surface area contributed by atoms with Crippen LogP contribution in [0, 0.1) is 17.2 Å². The maximum absolute atomic E-state index is 13.1. The van der Waals surface area contributed by atoms with E-state index in [0.717, 1.165) is 35.4 Å². The molecule has 2 aromatic heterocycles. The van der Waals surface area contributed by atoms with Crippen molar-refractivity contribution in [2.24, 2.45) is 5.92 Å². The summed E-state index contributed by atoms with van der Waals surface area (Å²) in [7, 11) is 0. The summed E-state index contributed by atoms with van der Waals surface area (Å²) in [5, 5.41) is 19.2. The summed E-state index contributed by atoms with van der Waals surface area (Å²) in [6, 6.07) is 11.3. The second-order valence-corrected chi connectivity index (χ2v) is 8.47. The standard InChI is InChI=1S/C25H24F3N5/c1-15(2)20(12-16(3)25(26,27)28)22-13-23-21(8-5-11-33(23)32-22)31-24-19-7-4-6-17(14-29)18(19)9-10-30-24/h4,6-7,9-10,12-13,15,21H,3,5,8,11H2,1-2H3,(H,30,31)/b20-12+. The highest BCUT2D eigenvalue weighted by Crippen LogP contribution is 2.35. The van der Waals surface area contributed by atoms with Gasteiger partial charge in [0.1, 0.15) is 5.82 Å². The van der Waals surface area contributed by atoms with Crippen molar-refractivity contribution in [2.75, 3.05) is 5.32 Å². The molecule has 0 saturated heterocycles. The molecule has 1 aliphatic heterocycles. The van der Waals surface area contributed by atoms with Crippen molar-refractivity contribution in [1.82, 2.24) is 14.8 Å². The molecular formula is C25H24F3N5. The molecule has 0 fully saturated rings. The number of fused-ring (bicyclic) bond motifs is 2. The van der Waals surface area contributed by atoms with E-state index < -0.39 is 11.7 Å². The SMILES string of the molecule is C=C(/C=C(/c1cc2n(n1)CCCC2Nc1nccc2c(C#N)cccc12)C(C)C)C(F)(F)F. The highest BCUT2D eigenvalue weighted by Gasteiger charge is 2.32. The van der Waals surface area contributed by atoms with Crippen LogP contribution in [0.4, 0.5) is 19.0 Å². The van der Waals surface area contributed by atoms with Crippen LogP contribution in [-0.2, 0) is 6.54 Å². The quantitative estimate of drug-likeness (QED) is 0.455. The summed E-state index contributed by atoms with van der Waals surface area (Å²) in [4.78, 5) is 4.49. The molecular weight excluding hydrogens is 427 g/mol. The van der Waals surface area contributed by atoms with Gasteiger partial charge in [-0.2, -0.15) is 23.5 Å². The third-order valence-electron chi connectivity index (χ3n) is 5.88. The van der Waals surface area contributed by atoms with Gasteiger partial charge >= 0.3 is 6.18 Å². The number of aromatic nitrogens is 3. The molecule has 1 aliphatic rings. The Bertz CT molecular complexity index is 1280. The van der Waals surface area contributed by atoms with Crippen LogP contribution >= 0.6 is 0 Å². The van der Waals surface area contributed by atoms with E-state index in [9.17, 15) is 18.4 Å². The second kappa shape index (κ2) is 8.74. The Morgan fingerprint density at radius 1 is 1.30 bits per heavy atom. The Kier molecular flexibility index (Phi) is 5.98. The lowest BCUT2D eigenvalue weighted by atomic mass is 9.96. The molecule has 3 aromatic rings. The van der Waals surface area contributed by atoms with E-state index in [1.807, 2.05) is 42.8 Å². The Labute approximate surface area is 190 Å². The zero-order chi connectivity index (χ0) is 23.8. The summed E-state index contributed by atoms with van der Waals surface area (Å²) in [6.45, 7) is 7.57. The Morgan fingerprint density at radius 2 is 2.09 bits per heavy atom. The second-order valence-electron chi connectivity index (χ2n) is 8.47. The molecule has 0 bridgehead atoms. The fourth-order valence-electron chi connectivity index (χ4n) is 4.16. The monoisotopic (exact) mass is 451 g/mol. The van der Waals surface area contributed by atoms with Gasteiger partial charge in [0.15, 0.2) is 0 Å². The van der Waals surface area contributed by atoms with Crippen LogP contribution in [0.25, 0.3) is 16.3 Å². The molecule has 0 amide bonds. The van der Waals surface area contributed by atoms with Gasteiger partial charge in [0.05, 0.1) is 29.1 Å². The first-order chi connectivity index (χ1) is 15.7. The van der Waals surface area contributed by atoms with E-state index in [4.69, 9.17) is 0 Å². The minimum atomic E-state index is -4.48. The third kappa shape index (κ3) is 4.49. The predicted octanol–water partition coefficient (Wildman–Crippen LogP) is 6.41. The van der Waals surface area contributed by atoms with Gasteiger partial charge in [0.25, 0.3) is 0 Å². The van der Waals surface area contributed by atoms with E-state index in [1.54, 1.807) is 12.3 Å². The van der Waals surface area contributed by atoms with Crippen molar-refractivity contribution in [3.63, 3.8) is 0 Å². The number of anilines is 1. The van der Waals surface area contributed by atoms with E-state index in [-0.39, 0.29) is 12.0 Å². The first-order valence-corrected chi connectivity index (χ1v) is 10.8. The van der Waals surface area contributed by atoms with E-state index in [2.05, 4.69) is 28.0 Å². The number of benzene rings is 1. The van der Waals surface area contributed by atoms with Gasteiger partial charge in [-0.25, -0.2) is 4.98 Å². The molecule has 3 heterocycles. The molecule has 170 valence electrons. The highest BCUT2D eigenvalue weighted by molar-refractivity contribution is 5.95. The van der Waals surface area contributed by atoms with Crippen molar-refractivity contribution >= 4 is 22.2 Å². The minimum Gasteiger partial charge on any atom is -0.361 e. The summed E-state index contributed by atoms with van der Waals surface area (Å²) in [5.41, 5.74) is 1.61. The van der Waals surface area contributed by atoms with Crippen molar-refractivity contribution in [2.45, 2.75) is 45.5 Å². The molecule has 1 atom stereocenters. The summed E-state index contributed by atoms with van der Waals surface area (Å²) >= 11 is 0. The van der Waals surface area contributed by atoms with Crippen molar-refractivity contribution in [3.05, 3.63) is 71.7 Å². The number of aryl methyl sites for hydroxylation is 1. The van der Waals surface area contributed by atoms with E-state index in [0.29, 0.717) is 29.2 Å². The molecule has 1 N–H and O–H groups in total. The number of pyridine rings is 1. The molecule has 33 heavy (non-hydrogen) atoms. The number of nitrogens with zero attached hydrogens (tertiary/aromatic N) is 4. The zero-order valence-electron chi connectivity index (χ0n) is 18.4. The number of allylic oxidation sites excluding steroid dienone is 3. The normalized spacial score (nSPS) is 16.5.